The summed E-state index contributed by atoms with van der Waals surface area (Å²) in [7, 11) is -3.57. The number of sulfone groups is 1. The van der Waals surface area contributed by atoms with Gasteiger partial charge in [-0.05, 0) is 89.4 Å². The van der Waals surface area contributed by atoms with E-state index in [-0.39, 0.29) is 54.3 Å². The molecule has 4 aliphatic rings. The fourth-order valence-electron chi connectivity index (χ4n) is 7.92. The topological polar surface area (TPSA) is 171 Å². The molecule has 0 aromatic heterocycles. The molecule has 13 heteroatoms. The smallest absolute Gasteiger partial charge is 0.315 e. The van der Waals surface area contributed by atoms with Crippen LogP contribution in [0.1, 0.15) is 138 Å². The molecular weight excluding hydrogens is 683 g/mol. The van der Waals surface area contributed by atoms with E-state index in [4.69, 9.17) is 6.42 Å². The van der Waals surface area contributed by atoms with Crippen LogP contribution in [0, 0.1) is 29.6 Å². The lowest BCUT2D eigenvalue weighted by molar-refractivity contribution is -0.150. The number of hydrogen-bond acceptors (Lipinski definition) is 7. The normalized spacial score (nSPS) is 24.8. The Morgan fingerprint density at radius 3 is 2.12 bits per heavy atom. The van der Waals surface area contributed by atoms with Gasteiger partial charge in [0.2, 0.25) is 17.6 Å². The number of piperidine rings is 1. The minimum absolute atomic E-state index is 0.0117. The van der Waals surface area contributed by atoms with Gasteiger partial charge in [0.05, 0.1) is 22.1 Å². The molecule has 0 bridgehead atoms. The zero-order valence-corrected chi connectivity index (χ0v) is 33.1. The van der Waals surface area contributed by atoms with Crippen LogP contribution in [0.4, 0.5) is 4.79 Å². The molecule has 4 N–H and O–H groups in total. The van der Waals surface area contributed by atoms with Gasteiger partial charge in [-0.15, -0.1) is 12.3 Å². The van der Waals surface area contributed by atoms with Gasteiger partial charge in [-0.2, -0.15) is 0 Å². The summed E-state index contributed by atoms with van der Waals surface area (Å²) in [5, 5.41) is 11.5. The van der Waals surface area contributed by atoms with Crippen molar-refractivity contribution in [3.05, 3.63) is 0 Å². The van der Waals surface area contributed by atoms with E-state index in [2.05, 4.69) is 27.2 Å². The Morgan fingerprint density at radius 1 is 0.923 bits per heavy atom. The van der Waals surface area contributed by atoms with E-state index in [0.29, 0.717) is 19.3 Å². The molecule has 3 aliphatic carbocycles. The molecule has 5 amide bonds. The number of nitrogens with zero attached hydrogens (tertiary/aromatic N) is 1. The van der Waals surface area contributed by atoms with E-state index >= 15 is 0 Å². The zero-order chi connectivity index (χ0) is 38.5. The SMILES string of the molecule is C#CCCC(NC(=O)[C@@H]1CC(C)(C)C(C)CN1C(=O)[C@@H](NC(=O)NC1(CS(=O)(=O)C(C)(C)C)CCCCC1)C1CCCCC1)C(=O)C(=O)NC1CC1. The average molecular weight is 746 g/mol. The number of amides is 5. The van der Waals surface area contributed by atoms with Crippen LogP contribution in [0.2, 0.25) is 0 Å². The maximum Gasteiger partial charge on any atom is 0.315 e. The van der Waals surface area contributed by atoms with Crippen molar-refractivity contribution in [3.63, 3.8) is 0 Å². The van der Waals surface area contributed by atoms with Gasteiger partial charge in [0, 0.05) is 19.0 Å². The quantitative estimate of drug-likeness (QED) is 0.162. The number of Topliss-reactive ketones (excluding diaryl/α,β-unsaturated/α-hetero) is 1. The number of urea groups is 1. The number of rotatable bonds is 13. The first-order chi connectivity index (χ1) is 24.3. The monoisotopic (exact) mass is 745 g/mol. The van der Waals surface area contributed by atoms with Gasteiger partial charge in [-0.1, -0.05) is 59.3 Å². The van der Waals surface area contributed by atoms with Crippen molar-refractivity contribution < 1.29 is 32.4 Å². The van der Waals surface area contributed by atoms with Gasteiger partial charge in [-0.25, -0.2) is 13.2 Å². The highest BCUT2D eigenvalue weighted by atomic mass is 32.2. The van der Waals surface area contributed by atoms with E-state index < -0.39 is 61.9 Å². The summed E-state index contributed by atoms with van der Waals surface area (Å²) in [6.45, 7) is 11.4. The van der Waals surface area contributed by atoms with Crippen molar-refractivity contribution in [2.24, 2.45) is 17.3 Å². The summed E-state index contributed by atoms with van der Waals surface area (Å²) in [6, 6.07) is -3.65. The molecular formula is C39H63N5O7S. The fourth-order valence-corrected chi connectivity index (χ4v) is 9.44. The lowest BCUT2D eigenvalue weighted by Crippen LogP contribution is -2.65. The number of nitrogens with one attached hydrogen (secondary N) is 4. The maximum absolute atomic E-state index is 14.8. The third-order valence-electron chi connectivity index (χ3n) is 12.1. The van der Waals surface area contributed by atoms with Crippen LogP contribution in [-0.4, -0.2) is 89.6 Å². The van der Waals surface area contributed by atoms with E-state index in [1.807, 2.05) is 20.8 Å². The van der Waals surface area contributed by atoms with Crippen LogP contribution in [0.5, 0.6) is 0 Å². The van der Waals surface area contributed by atoms with E-state index in [0.717, 1.165) is 64.2 Å². The summed E-state index contributed by atoms with van der Waals surface area (Å²) < 4.78 is 25.8. The Morgan fingerprint density at radius 2 is 1.54 bits per heavy atom. The zero-order valence-electron chi connectivity index (χ0n) is 32.3. The average Bonchev–Trinajstić information content (AvgIpc) is 3.89. The van der Waals surface area contributed by atoms with Crippen LogP contribution in [0.3, 0.4) is 0 Å². The summed E-state index contributed by atoms with van der Waals surface area (Å²) in [5.74, 6) is -0.285. The van der Waals surface area contributed by atoms with Crippen molar-refractivity contribution >= 4 is 39.4 Å². The number of hydrogen-bond donors (Lipinski definition) is 4. The third-order valence-corrected chi connectivity index (χ3v) is 14.9. The summed E-state index contributed by atoms with van der Waals surface area (Å²) in [4.78, 5) is 70.5. The Balaban J connectivity index is 1.60. The Bertz CT molecular complexity index is 1480. The van der Waals surface area contributed by atoms with E-state index in [1.54, 1.807) is 25.7 Å². The fraction of sp³-hybridized carbons (Fsp3) is 0.821. The molecule has 0 radical (unpaired) electrons. The molecule has 52 heavy (non-hydrogen) atoms. The van der Waals surface area contributed by atoms with Gasteiger partial charge in [0.1, 0.15) is 12.1 Å². The van der Waals surface area contributed by atoms with Gasteiger partial charge in [0.15, 0.2) is 9.84 Å². The number of likely N-dealkylation sites (tertiary alicyclic amines) is 1. The van der Waals surface area contributed by atoms with E-state index in [9.17, 15) is 32.4 Å². The van der Waals surface area contributed by atoms with Crippen LogP contribution < -0.4 is 21.3 Å². The first kappa shape index (κ1) is 41.6. The number of carbonyl (C=O) groups excluding carboxylic acids is 5. The highest BCUT2D eigenvalue weighted by molar-refractivity contribution is 7.92. The van der Waals surface area contributed by atoms with Gasteiger partial charge in [0.25, 0.3) is 5.91 Å². The lowest BCUT2D eigenvalue weighted by Gasteiger charge is -2.48. The van der Waals surface area contributed by atoms with Crippen molar-refractivity contribution in [2.45, 2.75) is 172 Å². The predicted molar refractivity (Wildman–Crippen MR) is 201 cm³/mol. The van der Waals surface area contributed by atoms with Gasteiger partial charge >= 0.3 is 6.03 Å². The molecule has 1 saturated heterocycles. The van der Waals surface area contributed by atoms with Crippen LogP contribution in [0.25, 0.3) is 0 Å². The first-order valence-corrected chi connectivity index (χ1v) is 21.1. The molecule has 1 aliphatic heterocycles. The maximum atomic E-state index is 14.8. The van der Waals surface area contributed by atoms with E-state index in [1.165, 1.54) is 0 Å². The minimum Gasteiger partial charge on any atom is -0.347 e. The molecule has 0 aromatic rings. The molecule has 1 heterocycles. The van der Waals surface area contributed by atoms with Crippen molar-refractivity contribution in [3.8, 4) is 12.3 Å². The molecule has 4 rings (SSSR count). The molecule has 3 saturated carbocycles. The molecule has 4 atom stereocenters. The standard InChI is InChI=1S/C39H63N5O7S/c1-8-9-18-29(32(45)34(47)40-28-19-20-28)41-33(46)30-23-38(6,7)26(2)24-44(30)35(48)31(27-16-12-10-13-17-27)42-36(49)43-39(21-14-11-15-22-39)25-52(50,51)37(3,4)5/h1,26-31H,9-25H2,2-7H3,(H,40,47)(H,41,46)(H2,42,43,49)/t26?,29?,30-,31-/m0/s1. The first-order valence-electron chi connectivity index (χ1n) is 19.5. The van der Waals surface area contributed by atoms with Crippen molar-refractivity contribution in [1.29, 1.82) is 0 Å². The molecule has 0 aromatic carbocycles. The van der Waals surface area contributed by atoms with Crippen LogP contribution >= 0.6 is 0 Å². The lowest BCUT2D eigenvalue weighted by atomic mass is 9.71. The third kappa shape index (κ3) is 10.5. The minimum atomic E-state index is -3.57. The molecule has 12 nitrogen and oxygen atoms in total. The summed E-state index contributed by atoms with van der Waals surface area (Å²) >= 11 is 0. The molecule has 0 spiro atoms. The highest BCUT2D eigenvalue weighted by Gasteiger charge is 2.48. The summed E-state index contributed by atoms with van der Waals surface area (Å²) in [6.07, 6.45) is 15.5. The van der Waals surface area contributed by atoms with Crippen LogP contribution in [-0.2, 0) is 29.0 Å². The Labute approximate surface area is 311 Å². The van der Waals surface area contributed by atoms with Gasteiger partial charge < -0.3 is 26.2 Å². The van der Waals surface area contributed by atoms with Crippen molar-refractivity contribution in [2.75, 3.05) is 12.3 Å². The van der Waals surface area contributed by atoms with Crippen LogP contribution in [0.15, 0.2) is 0 Å². The van der Waals surface area contributed by atoms with Gasteiger partial charge in [-0.3, -0.25) is 19.2 Å². The molecule has 292 valence electrons. The summed E-state index contributed by atoms with van der Waals surface area (Å²) in [5.41, 5.74) is -1.29. The Kier molecular flexibility index (Phi) is 13.5. The number of terminal acetylenes is 1. The largest absolute Gasteiger partial charge is 0.347 e. The Hall–Kier alpha value is -3.14. The molecule has 4 fully saturated rings. The number of ketones is 1. The second kappa shape index (κ2) is 16.9. The molecule has 2 unspecified atom stereocenters. The second-order valence-electron chi connectivity index (χ2n) is 17.7. The van der Waals surface area contributed by atoms with Crippen molar-refractivity contribution in [1.82, 2.24) is 26.2 Å². The highest BCUT2D eigenvalue weighted by Crippen LogP contribution is 2.40. The number of carbonyl (C=O) groups is 5. The predicted octanol–water partition coefficient (Wildman–Crippen LogP) is 4.16. The second-order valence-corrected chi connectivity index (χ2v) is 20.4.